The first-order chi connectivity index (χ1) is 9.62. The number of thiazole rings is 1. The molecule has 108 valence electrons. The summed E-state index contributed by atoms with van der Waals surface area (Å²) in [7, 11) is 0. The summed E-state index contributed by atoms with van der Waals surface area (Å²) in [6.07, 6.45) is 4.68. The average molecular weight is 294 g/mol. The first-order valence-electron chi connectivity index (χ1n) is 6.83. The van der Waals surface area contributed by atoms with Gasteiger partial charge in [0.2, 0.25) is 0 Å². The molecule has 0 aliphatic heterocycles. The third-order valence-electron chi connectivity index (χ3n) is 3.62. The van der Waals surface area contributed by atoms with E-state index in [1.165, 1.54) is 11.3 Å². The van der Waals surface area contributed by atoms with Crippen LogP contribution in [0.1, 0.15) is 50.0 Å². The topological polar surface area (TPSA) is 87.1 Å². The fourth-order valence-electron chi connectivity index (χ4n) is 2.20. The summed E-state index contributed by atoms with van der Waals surface area (Å²) in [6.45, 7) is 4.61. The van der Waals surface area contributed by atoms with Crippen LogP contribution in [0.25, 0.3) is 10.8 Å². The fraction of sp³-hybridized carbons (Fsp3) is 0.615. The Hall–Kier alpha value is -1.31. The van der Waals surface area contributed by atoms with Crippen molar-refractivity contribution in [3.63, 3.8) is 0 Å². The summed E-state index contributed by atoms with van der Waals surface area (Å²) >= 11 is 1.51. The van der Waals surface area contributed by atoms with Gasteiger partial charge in [-0.1, -0.05) is 5.16 Å². The maximum Gasteiger partial charge on any atom is 0.269 e. The standard InChI is InChI=1S/C13H18N4O2S/c1-3-18-8(2)11-15-7-9(20-11)10-16-12(17-19-10)13(14)5-4-6-13/h7-8H,3-6,14H2,1-2H3. The number of rotatable bonds is 5. The van der Waals surface area contributed by atoms with E-state index >= 15 is 0 Å². The van der Waals surface area contributed by atoms with Crippen LogP contribution < -0.4 is 5.73 Å². The van der Waals surface area contributed by atoms with E-state index in [1.807, 2.05) is 13.8 Å². The summed E-state index contributed by atoms with van der Waals surface area (Å²) in [5.41, 5.74) is 5.80. The van der Waals surface area contributed by atoms with Crippen LogP contribution in [0, 0.1) is 0 Å². The van der Waals surface area contributed by atoms with Crippen molar-refractivity contribution in [2.24, 2.45) is 5.73 Å². The van der Waals surface area contributed by atoms with Gasteiger partial charge in [-0.05, 0) is 33.1 Å². The molecule has 0 radical (unpaired) electrons. The molecule has 0 saturated heterocycles. The Balaban J connectivity index is 1.79. The maximum absolute atomic E-state index is 6.19. The largest absolute Gasteiger partial charge is 0.372 e. The third kappa shape index (κ3) is 2.36. The Labute approximate surface area is 121 Å². The Bertz CT molecular complexity index is 591. The molecule has 1 saturated carbocycles. The van der Waals surface area contributed by atoms with E-state index in [-0.39, 0.29) is 6.10 Å². The predicted octanol–water partition coefficient (Wildman–Crippen LogP) is 2.63. The molecule has 0 spiro atoms. The van der Waals surface area contributed by atoms with E-state index in [1.54, 1.807) is 6.20 Å². The van der Waals surface area contributed by atoms with Crippen molar-refractivity contribution in [3.8, 4) is 10.8 Å². The number of nitrogens with zero attached hydrogens (tertiary/aromatic N) is 3. The van der Waals surface area contributed by atoms with Crippen molar-refractivity contribution in [1.82, 2.24) is 15.1 Å². The molecule has 1 unspecified atom stereocenters. The van der Waals surface area contributed by atoms with E-state index in [2.05, 4.69) is 15.1 Å². The molecule has 3 rings (SSSR count). The molecular formula is C13H18N4O2S. The molecule has 0 bridgehead atoms. The van der Waals surface area contributed by atoms with Crippen LogP contribution in [0.4, 0.5) is 0 Å². The van der Waals surface area contributed by atoms with Gasteiger partial charge in [-0.15, -0.1) is 11.3 Å². The number of hydrogen-bond donors (Lipinski definition) is 1. The highest BCUT2D eigenvalue weighted by Gasteiger charge is 2.39. The Morgan fingerprint density at radius 3 is 3.00 bits per heavy atom. The second kappa shape index (κ2) is 5.23. The van der Waals surface area contributed by atoms with Crippen LogP contribution in [-0.4, -0.2) is 21.7 Å². The molecule has 6 nitrogen and oxygen atoms in total. The smallest absolute Gasteiger partial charge is 0.269 e. The molecule has 2 N–H and O–H groups in total. The summed E-state index contributed by atoms with van der Waals surface area (Å²) in [6, 6.07) is 0. The molecule has 2 aromatic rings. The fourth-order valence-corrected chi connectivity index (χ4v) is 3.04. The zero-order valence-electron chi connectivity index (χ0n) is 11.6. The van der Waals surface area contributed by atoms with Gasteiger partial charge in [-0.25, -0.2) is 4.98 Å². The van der Waals surface area contributed by atoms with Crippen LogP contribution in [0.15, 0.2) is 10.7 Å². The zero-order valence-corrected chi connectivity index (χ0v) is 12.4. The normalized spacial score (nSPS) is 18.8. The Morgan fingerprint density at radius 1 is 1.55 bits per heavy atom. The van der Waals surface area contributed by atoms with Gasteiger partial charge in [-0.3, -0.25) is 0 Å². The monoisotopic (exact) mass is 294 g/mol. The number of ether oxygens (including phenoxy) is 1. The van der Waals surface area contributed by atoms with Crippen molar-refractivity contribution in [1.29, 1.82) is 0 Å². The zero-order chi connectivity index (χ0) is 14.2. The van der Waals surface area contributed by atoms with E-state index < -0.39 is 5.54 Å². The molecule has 1 aliphatic carbocycles. The van der Waals surface area contributed by atoms with Gasteiger partial charge in [0.05, 0.1) is 11.7 Å². The van der Waals surface area contributed by atoms with Gasteiger partial charge < -0.3 is 15.0 Å². The minimum Gasteiger partial charge on any atom is -0.372 e. The third-order valence-corrected chi connectivity index (χ3v) is 4.76. The van der Waals surface area contributed by atoms with Crippen molar-refractivity contribution in [3.05, 3.63) is 17.0 Å². The first-order valence-corrected chi connectivity index (χ1v) is 7.65. The van der Waals surface area contributed by atoms with Crippen LogP contribution in [-0.2, 0) is 10.3 Å². The highest BCUT2D eigenvalue weighted by Crippen LogP contribution is 2.38. The van der Waals surface area contributed by atoms with E-state index in [4.69, 9.17) is 15.0 Å². The van der Waals surface area contributed by atoms with Crippen molar-refractivity contribution in [2.45, 2.75) is 44.8 Å². The number of hydrogen-bond acceptors (Lipinski definition) is 7. The van der Waals surface area contributed by atoms with Gasteiger partial charge in [-0.2, -0.15) is 4.98 Å². The lowest BCUT2D eigenvalue weighted by Crippen LogP contribution is -2.44. The minimum atomic E-state index is -0.395. The summed E-state index contributed by atoms with van der Waals surface area (Å²) in [5, 5.41) is 4.92. The van der Waals surface area contributed by atoms with Gasteiger partial charge >= 0.3 is 0 Å². The van der Waals surface area contributed by atoms with Crippen LogP contribution in [0.5, 0.6) is 0 Å². The molecular weight excluding hydrogens is 276 g/mol. The van der Waals surface area contributed by atoms with E-state index in [0.717, 1.165) is 29.1 Å². The first kappa shape index (κ1) is 13.7. The quantitative estimate of drug-likeness (QED) is 0.912. The molecule has 7 heteroatoms. The molecule has 1 aliphatic rings. The molecule has 1 atom stereocenters. The van der Waals surface area contributed by atoms with Crippen molar-refractivity contribution >= 4 is 11.3 Å². The van der Waals surface area contributed by atoms with Crippen molar-refractivity contribution in [2.75, 3.05) is 6.61 Å². The predicted molar refractivity (Wildman–Crippen MR) is 75.2 cm³/mol. The molecule has 2 heterocycles. The Morgan fingerprint density at radius 2 is 2.35 bits per heavy atom. The molecule has 0 aromatic carbocycles. The summed E-state index contributed by atoms with van der Waals surface area (Å²) < 4.78 is 10.8. The SMILES string of the molecule is CCOC(C)c1ncc(-c2nc(C3(N)CCC3)no2)s1. The lowest BCUT2D eigenvalue weighted by molar-refractivity contribution is 0.0762. The van der Waals surface area contributed by atoms with E-state index in [9.17, 15) is 0 Å². The van der Waals surface area contributed by atoms with Gasteiger partial charge in [0.15, 0.2) is 5.82 Å². The lowest BCUT2D eigenvalue weighted by Gasteiger charge is -2.34. The minimum absolute atomic E-state index is 0.0198. The summed E-state index contributed by atoms with van der Waals surface area (Å²) in [4.78, 5) is 9.63. The molecule has 2 aromatic heterocycles. The second-order valence-corrected chi connectivity index (χ2v) is 6.16. The van der Waals surface area contributed by atoms with Gasteiger partial charge in [0.25, 0.3) is 5.89 Å². The van der Waals surface area contributed by atoms with Crippen LogP contribution in [0.2, 0.25) is 0 Å². The molecule has 0 amide bonds. The average Bonchev–Trinajstić information content (AvgIpc) is 3.05. The second-order valence-electron chi connectivity index (χ2n) is 5.09. The molecule has 1 fully saturated rings. The molecule has 20 heavy (non-hydrogen) atoms. The number of nitrogens with two attached hydrogens (primary N) is 1. The number of aromatic nitrogens is 3. The lowest BCUT2D eigenvalue weighted by atomic mass is 9.77. The maximum atomic E-state index is 6.19. The van der Waals surface area contributed by atoms with Gasteiger partial charge in [0, 0.05) is 6.61 Å². The van der Waals surface area contributed by atoms with E-state index in [0.29, 0.717) is 18.3 Å². The highest BCUT2D eigenvalue weighted by molar-refractivity contribution is 7.15. The Kier molecular flexibility index (Phi) is 3.57. The van der Waals surface area contributed by atoms with Crippen LogP contribution in [0.3, 0.4) is 0 Å². The van der Waals surface area contributed by atoms with Gasteiger partial charge in [0.1, 0.15) is 16.0 Å². The highest BCUT2D eigenvalue weighted by atomic mass is 32.1. The van der Waals surface area contributed by atoms with Crippen molar-refractivity contribution < 1.29 is 9.26 Å². The van der Waals surface area contributed by atoms with Crippen LogP contribution >= 0.6 is 11.3 Å². The summed E-state index contributed by atoms with van der Waals surface area (Å²) in [5.74, 6) is 1.09.